The van der Waals surface area contributed by atoms with Crippen molar-refractivity contribution in [3.05, 3.63) is 0 Å². The van der Waals surface area contributed by atoms with Crippen molar-refractivity contribution in [1.29, 1.82) is 0 Å². The quantitative estimate of drug-likeness (QED) is 0.416. The molecule has 0 aromatic heterocycles. The molecule has 0 aliphatic carbocycles. The molecular formula is C12H28Si. The number of hydrogen-bond donors (Lipinski definition) is 0. The Hall–Kier alpha value is 0.217. The molecule has 0 rings (SSSR count). The highest BCUT2D eigenvalue weighted by Crippen LogP contribution is 2.25. The van der Waals surface area contributed by atoms with Gasteiger partial charge < -0.3 is 0 Å². The normalized spacial score (nSPS) is 12.0. The lowest BCUT2D eigenvalue weighted by Crippen LogP contribution is -2.20. The van der Waals surface area contributed by atoms with Crippen LogP contribution in [0.15, 0.2) is 0 Å². The minimum atomic E-state index is -0.423. The van der Waals surface area contributed by atoms with Crippen LogP contribution in [-0.2, 0) is 0 Å². The van der Waals surface area contributed by atoms with Crippen LogP contribution in [0, 0.1) is 0 Å². The van der Waals surface area contributed by atoms with Crippen molar-refractivity contribution in [2.75, 3.05) is 0 Å². The number of rotatable bonds is 7. The summed E-state index contributed by atoms with van der Waals surface area (Å²) in [5.41, 5.74) is 2.00. The molecule has 0 saturated heterocycles. The van der Waals surface area contributed by atoms with E-state index in [1.54, 1.807) is 6.04 Å². The monoisotopic (exact) mass is 200 g/mol. The van der Waals surface area contributed by atoms with Crippen LogP contribution >= 0.6 is 0 Å². The van der Waals surface area contributed by atoms with Crippen LogP contribution in [0.4, 0.5) is 0 Å². The van der Waals surface area contributed by atoms with Crippen molar-refractivity contribution in [3.8, 4) is 0 Å². The van der Waals surface area contributed by atoms with Gasteiger partial charge in [-0.1, -0.05) is 77.4 Å². The molecule has 0 amide bonds. The Kier molecular flexibility index (Phi) is 7.73. The zero-order chi connectivity index (χ0) is 10.3. The molecule has 1 heteroatoms. The zero-order valence-corrected chi connectivity index (χ0v) is 11.4. The molecule has 0 aromatic carbocycles. The van der Waals surface area contributed by atoms with Gasteiger partial charge in [-0.3, -0.25) is 0 Å². The summed E-state index contributed by atoms with van der Waals surface area (Å²) < 4.78 is 0. The first kappa shape index (κ1) is 13.2. The lowest BCUT2D eigenvalue weighted by Gasteiger charge is -2.22. The van der Waals surface area contributed by atoms with Gasteiger partial charge in [-0.25, -0.2) is 0 Å². The van der Waals surface area contributed by atoms with E-state index in [1.807, 2.05) is 0 Å². The van der Waals surface area contributed by atoms with Gasteiger partial charge in [-0.15, -0.1) is 0 Å². The second-order valence-electron chi connectivity index (χ2n) is 5.00. The minimum absolute atomic E-state index is 0.423. The van der Waals surface area contributed by atoms with Crippen molar-refractivity contribution >= 4 is 8.80 Å². The molecule has 0 unspecified atom stereocenters. The molecule has 0 aromatic rings. The van der Waals surface area contributed by atoms with Gasteiger partial charge in [-0.05, 0) is 0 Å². The molecule has 13 heavy (non-hydrogen) atoms. The molecule has 0 heterocycles. The van der Waals surface area contributed by atoms with E-state index in [2.05, 4.69) is 34.6 Å². The van der Waals surface area contributed by atoms with Crippen LogP contribution in [0.2, 0.25) is 17.1 Å². The fourth-order valence-electron chi connectivity index (χ4n) is 2.24. The Balaban J connectivity index is 3.58. The number of unbranched alkanes of at least 4 members (excludes halogenated alkanes) is 3. The largest absolute Gasteiger partial charge is 0.0654 e. The summed E-state index contributed by atoms with van der Waals surface area (Å²) in [5, 5.41) is 0. The predicted octanol–water partition coefficient (Wildman–Crippen LogP) is 4.61. The first-order chi connectivity index (χ1) is 6.09. The third-order valence-electron chi connectivity index (χ3n) is 3.10. The molecule has 0 aliphatic heterocycles. The van der Waals surface area contributed by atoms with E-state index in [-0.39, 0.29) is 0 Å². The molecule has 0 nitrogen and oxygen atoms in total. The van der Waals surface area contributed by atoms with Gasteiger partial charge in [0.25, 0.3) is 0 Å². The van der Waals surface area contributed by atoms with E-state index in [9.17, 15) is 0 Å². The Morgan fingerprint density at radius 2 is 1.38 bits per heavy atom. The molecule has 0 aliphatic rings. The van der Waals surface area contributed by atoms with Crippen LogP contribution in [0.3, 0.4) is 0 Å². The highest BCUT2D eigenvalue weighted by atomic mass is 28.3. The summed E-state index contributed by atoms with van der Waals surface area (Å²) in [6, 6.07) is 1.58. The maximum Gasteiger partial charge on any atom is 0.0419 e. The van der Waals surface area contributed by atoms with E-state index in [1.165, 1.54) is 25.7 Å². The van der Waals surface area contributed by atoms with E-state index in [4.69, 9.17) is 0 Å². The van der Waals surface area contributed by atoms with Gasteiger partial charge in [0, 0.05) is 8.80 Å². The van der Waals surface area contributed by atoms with Gasteiger partial charge in [0.05, 0.1) is 0 Å². The zero-order valence-electron chi connectivity index (χ0n) is 10.3. The maximum absolute atomic E-state index is 2.43. The van der Waals surface area contributed by atoms with E-state index >= 15 is 0 Å². The fourth-order valence-corrected chi connectivity index (χ4v) is 5.88. The summed E-state index contributed by atoms with van der Waals surface area (Å²) in [6.07, 6.45) is 5.79. The summed E-state index contributed by atoms with van der Waals surface area (Å²) >= 11 is 0. The molecule has 0 radical (unpaired) electrons. The van der Waals surface area contributed by atoms with Gasteiger partial charge in [0.1, 0.15) is 0 Å². The van der Waals surface area contributed by atoms with Crippen LogP contribution < -0.4 is 0 Å². The van der Waals surface area contributed by atoms with E-state index in [0.717, 1.165) is 11.1 Å². The average Bonchev–Trinajstić information content (AvgIpc) is 2.02. The summed E-state index contributed by atoms with van der Waals surface area (Å²) in [6.45, 7) is 12.0. The molecule has 0 bridgehead atoms. The third-order valence-corrected chi connectivity index (χ3v) is 7.60. The van der Waals surface area contributed by atoms with Crippen LogP contribution in [0.5, 0.6) is 0 Å². The molecular weight excluding hydrogens is 172 g/mol. The summed E-state index contributed by atoms with van der Waals surface area (Å²) in [5.74, 6) is 0. The smallest absolute Gasteiger partial charge is 0.0419 e. The van der Waals surface area contributed by atoms with Crippen LogP contribution in [0.1, 0.15) is 60.3 Å². The highest BCUT2D eigenvalue weighted by Gasteiger charge is 2.18. The molecule has 0 spiro atoms. The van der Waals surface area contributed by atoms with Crippen molar-refractivity contribution in [3.63, 3.8) is 0 Å². The van der Waals surface area contributed by atoms with Gasteiger partial charge in [-0.2, -0.15) is 0 Å². The van der Waals surface area contributed by atoms with Gasteiger partial charge in [0.15, 0.2) is 0 Å². The SMILES string of the molecule is CCCCCC[SiH](C(C)C)C(C)C. The van der Waals surface area contributed by atoms with Crippen molar-refractivity contribution in [1.82, 2.24) is 0 Å². The van der Waals surface area contributed by atoms with Crippen molar-refractivity contribution < 1.29 is 0 Å². The van der Waals surface area contributed by atoms with Gasteiger partial charge >= 0.3 is 0 Å². The van der Waals surface area contributed by atoms with Crippen molar-refractivity contribution in [2.24, 2.45) is 0 Å². The topological polar surface area (TPSA) is 0 Å². The second-order valence-corrected chi connectivity index (χ2v) is 9.57. The molecule has 80 valence electrons. The Morgan fingerprint density at radius 3 is 1.77 bits per heavy atom. The summed E-state index contributed by atoms with van der Waals surface area (Å²) in [7, 11) is -0.423. The Labute approximate surface area is 86.7 Å². The third kappa shape index (κ3) is 6.31. The summed E-state index contributed by atoms with van der Waals surface area (Å²) in [4.78, 5) is 0. The van der Waals surface area contributed by atoms with Crippen molar-refractivity contribution in [2.45, 2.75) is 77.4 Å². The van der Waals surface area contributed by atoms with Gasteiger partial charge in [0.2, 0.25) is 0 Å². The van der Waals surface area contributed by atoms with E-state index < -0.39 is 8.80 Å². The minimum Gasteiger partial charge on any atom is -0.0654 e. The number of hydrogen-bond acceptors (Lipinski definition) is 0. The highest BCUT2D eigenvalue weighted by molar-refractivity contribution is 6.61. The van der Waals surface area contributed by atoms with Crippen LogP contribution in [0.25, 0.3) is 0 Å². The fraction of sp³-hybridized carbons (Fsp3) is 1.00. The predicted molar refractivity (Wildman–Crippen MR) is 66.3 cm³/mol. The first-order valence-electron chi connectivity index (χ1n) is 6.09. The first-order valence-corrected chi connectivity index (χ1v) is 8.24. The Bertz CT molecular complexity index is 99.7. The standard InChI is InChI=1S/C12H28Si/c1-6-7-8-9-10-13(11(2)3)12(4)5/h11-13H,6-10H2,1-5H3. The lowest BCUT2D eigenvalue weighted by atomic mass is 10.2. The molecule has 0 fully saturated rings. The maximum atomic E-state index is 2.43. The molecule has 0 atom stereocenters. The lowest BCUT2D eigenvalue weighted by molar-refractivity contribution is 0.692. The second kappa shape index (κ2) is 7.60. The molecule has 0 N–H and O–H groups in total. The van der Waals surface area contributed by atoms with E-state index in [0.29, 0.717) is 0 Å². The Morgan fingerprint density at radius 1 is 0.846 bits per heavy atom. The molecule has 0 saturated carbocycles. The van der Waals surface area contributed by atoms with Crippen LogP contribution in [-0.4, -0.2) is 8.80 Å². The average molecular weight is 200 g/mol.